The Morgan fingerprint density at radius 3 is 2.80 bits per heavy atom. The standard InChI is InChI=1S/C15H20FNO3/c16-12-5-7-13(8-6-12)20-11-3-10-17-9-2-1-4-14(17)15(18)19/h5-8,14H,1-4,9-11H2,(H,18,19). The van der Waals surface area contributed by atoms with Gasteiger partial charge in [0.15, 0.2) is 0 Å². The average molecular weight is 281 g/mol. The second kappa shape index (κ2) is 7.24. The number of nitrogens with zero attached hydrogens (tertiary/aromatic N) is 1. The van der Waals surface area contributed by atoms with Gasteiger partial charge in [-0.3, -0.25) is 9.69 Å². The Labute approximate surface area is 118 Å². The highest BCUT2D eigenvalue weighted by Crippen LogP contribution is 2.17. The lowest BCUT2D eigenvalue weighted by atomic mass is 10.0. The number of aliphatic carboxylic acids is 1. The molecule has 110 valence electrons. The Morgan fingerprint density at radius 2 is 2.10 bits per heavy atom. The lowest BCUT2D eigenvalue weighted by Gasteiger charge is -2.32. The minimum absolute atomic E-state index is 0.282. The van der Waals surface area contributed by atoms with Crippen molar-refractivity contribution in [2.24, 2.45) is 0 Å². The molecule has 0 aromatic heterocycles. The van der Waals surface area contributed by atoms with Crippen LogP contribution in [0.5, 0.6) is 5.75 Å². The summed E-state index contributed by atoms with van der Waals surface area (Å²) < 4.78 is 18.2. The van der Waals surface area contributed by atoms with Crippen LogP contribution in [0.1, 0.15) is 25.7 Å². The van der Waals surface area contributed by atoms with Crippen molar-refractivity contribution in [1.29, 1.82) is 0 Å². The largest absolute Gasteiger partial charge is 0.494 e. The molecule has 1 unspecified atom stereocenters. The van der Waals surface area contributed by atoms with E-state index in [1.165, 1.54) is 12.1 Å². The SMILES string of the molecule is O=C(O)C1CCCCN1CCCOc1ccc(F)cc1. The van der Waals surface area contributed by atoms with E-state index in [1.54, 1.807) is 12.1 Å². The number of carbonyl (C=O) groups is 1. The van der Waals surface area contributed by atoms with Crippen molar-refractivity contribution in [3.8, 4) is 5.75 Å². The summed E-state index contributed by atoms with van der Waals surface area (Å²) in [6.07, 6.45) is 3.54. The zero-order valence-electron chi connectivity index (χ0n) is 11.4. The molecule has 0 spiro atoms. The van der Waals surface area contributed by atoms with Crippen LogP contribution >= 0.6 is 0 Å². The summed E-state index contributed by atoms with van der Waals surface area (Å²) in [6, 6.07) is 5.56. The number of hydrogen-bond donors (Lipinski definition) is 1. The summed E-state index contributed by atoms with van der Waals surface area (Å²) in [6.45, 7) is 2.07. The van der Waals surface area contributed by atoms with Gasteiger partial charge in [0.05, 0.1) is 6.61 Å². The summed E-state index contributed by atoms with van der Waals surface area (Å²) in [5, 5.41) is 9.16. The number of piperidine rings is 1. The normalized spacial score (nSPS) is 19.8. The van der Waals surface area contributed by atoms with E-state index < -0.39 is 5.97 Å². The highest BCUT2D eigenvalue weighted by Gasteiger charge is 2.27. The van der Waals surface area contributed by atoms with Crippen molar-refractivity contribution in [1.82, 2.24) is 4.90 Å². The monoisotopic (exact) mass is 281 g/mol. The third kappa shape index (κ3) is 4.20. The van der Waals surface area contributed by atoms with E-state index in [1.807, 2.05) is 4.90 Å². The van der Waals surface area contributed by atoms with Crippen LogP contribution in [0, 0.1) is 5.82 Å². The van der Waals surface area contributed by atoms with Crippen molar-refractivity contribution in [2.45, 2.75) is 31.7 Å². The number of likely N-dealkylation sites (tertiary alicyclic amines) is 1. The molecule has 0 saturated carbocycles. The lowest BCUT2D eigenvalue weighted by Crippen LogP contribution is -2.45. The van der Waals surface area contributed by atoms with Crippen molar-refractivity contribution in [3.63, 3.8) is 0 Å². The molecule has 0 amide bonds. The summed E-state index contributed by atoms with van der Waals surface area (Å²) in [4.78, 5) is 13.2. The molecular formula is C15H20FNO3. The quantitative estimate of drug-likeness (QED) is 0.814. The van der Waals surface area contributed by atoms with Gasteiger partial charge in [-0.15, -0.1) is 0 Å². The number of ether oxygens (including phenoxy) is 1. The zero-order valence-corrected chi connectivity index (χ0v) is 11.4. The summed E-state index contributed by atoms with van der Waals surface area (Å²) in [7, 11) is 0. The fourth-order valence-electron chi connectivity index (χ4n) is 2.53. The second-order valence-electron chi connectivity index (χ2n) is 5.04. The predicted octanol–water partition coefficient (Wildman–Crippen LogP) is 2.53. The van der Waals surface area contributed by atoms with Crippen molar-refractivity contribution >= 4 is 5.97 Å². The van der Waals surface area contributed by atoms with Crippen LogP contribution in [0.4, 0.5) is 4.39 Å². The molecule has 1 aromatic rings. The van der Waals surface area contributed by atoms with Gasteiger partial charge in [-0.25, -0.2) is 4.39 Å². The molecule has 4 nitrogen and oxygen atoms in total. The van der Waals surface area contributed by atoms with E-state index in [0.29, 0.717) is 12.4 Å². The highest BCUT2D eigenvalue weighted by atomic mass is 19.1. The Morgan fingerprint density at radius 1 is 1.35 bits per heavy atom. The van der Waals surface area contributed by atoms with Crippen LogP contribution < -0.4 is 4.74 Å². The van der Waals surface area contributed by atoms with Crippen LogP contribution in [0.2, 0.25) is 0 Å². The molecular weight excluding hydrogens is 261 g/mol. The summed E-state index contributed by atoms with van der Waals surface area (Å²) in [5.74, 6) is -0.376. The first-order valence-electron chi connectivity index (χ1n) is 7.02. The fourth-order valence-corrected chi connectivity index (χ4v) is 2.53. The van der Waals surface area contributed by atoms with Crippen LogP contribution in [0.25, 0.3) is 0 Å². The molecule has 1 aromatic carbocycles. The summed E-state index contributed by atoms with van der Waals surface area (Å²) >= 11 is 0. The molecule has 5 heteroatoms. The first-order chi connectivity index (χ1) is 9.66. The number of carboxylic acid groups (broad SMARTS) is 1. The van der Waals surface area contributed by atoms with Gasteiger partial charge >= 0.3 is 5.97 Å². The summed E-state index contributed by atoms with van der Waals surface area (Å²) in [5.41, 5.74) is 0. The van der Waals surface area contributed by atoms with Crippen LogP contribution in [0.3, 0.4) is 0 Å². The topological polar surface area (TPSA) is 49.8 Å². The third-order valence-electron chi connectivity index (χ3n) is 3.57. The van der Waals surface area contributed by atoms with Crippen LogP contribution in [-0.2, 0) is 4.79 Å². The Kier molecular flexibility index (Phi) is 5.35. The molecule has 0 aliphatic carbocycles. The van der Waals surface area contributed by atoms with Crippen LogP contribution in [-0.4, -0.2) is 41.7 Å². The lowest BCUT2D eigenvalue weighted by molar-refractivity contribution is -0.144. The Bertz CT molecular complexity index is 435. The van der Waals surface area contributed by atoms with Gasteiger partial charge in [-0.1, -0.05) is 6.42 Å². The van der Waals surface area contributed by atoms with Crippen molar-refractivity contribution < 1.29 is 19.0 Å². The van der Waals surface area contributed by atoms with Gasteiger partial charge in [-0.2, -0.15) is 0 Å². The zero-order chi connectivity index (χ0) is 14.4. The minimum atomic E-state index is -0.732. The van der Waals surface area contributed by atoms with Gasteiger partial charge in [0.2, 0.25) is 0 Å². The van der Waals surface area contributed by atoms with E-state index in [4.69, 9.17) is 9.84 Å². The average Bonchev–Trinajstić information content (AvgIpc) is 2.46. The van der Waals surface area contributed by atoms with E-state index in [0.717, 1.165) is 38.8 Å². The second-order valence-corrected chi connectivity index (χ2v) is 5.04. The molecule has 1 atom stereocenters. The number of benzene rings is 1. The molecule has 1 aliphatic rings. The number of halogens is 1. The van der Waals surface area contributed by atoms with Crippen LogP contribution in [0.15, 0.2) is 24.3 Å². The fraction of sp³-hybridized carbons (Fsp3) is 0.533. The van der Waals surface area contributed by atoms with Gasteiger partial charge in [0.25, 0.3) is 0 Å². The van der Waals surface area contributed by atoms with Crippen molar-refractivity contribution in [2.75, 3.05) is 19.7 Å². The maximum Gasteiger partial charge on any atom is 0.320 e. The maximum absolute atomic E-state index is 12.7. The molecule has 1 heterocycles. The molecule has 1 N–H and O–H groups in total. The molecule has 2 rings (SSSR count). The van der Waals surface area contributed by atoms with E-state index in [2.05, 4.69) is 0 Å². The molecule has 20 heavy (non-hydrogen) atoms. The van der Waals surface area contributed by atoms with E-state index in [-0.39, 0.29) is 11.9 Å². The molecule has 0 bridgehead atoms. The minimum Gasteiger partial charge on any atom is -0.494 e. The molecule has 1 aliphatic heterocycles. The Balaban J connectivity index is 1.72. The van der Waals surface area contributed by atoms with E-state index >= 15 is 0 Å². The van der Waals surface area contributed by atoms with Gasteiger partial charge < -0.3 is 9.84 Å². The Hall–Kier alpha value is -1.62. The number of rotatable bonds is 6. The highest BCUT2D eigenvalue weighted by molar-refractivity contribution is 5.73. The smallest absolute Gasteiger partial charge is 0.320 e. The van der Waals surface area contributed by atoms with Gasteiger partial charge in [0, 0.05) is 6.54 Å². The first kappa shape index (κ1) is 14.8. The first-order valence-corrected chi connectivity index (χ1v) is 7.02. The van der Waals surface area contributed by atoms with Gasteiger partial charge in [-0.05, 0) is 50.1 Å². The number of carboxylic acids is 1. The number of hydrogen-bond acceptors (Lipinski definition) is 3. The maximum atomic E-state index is 12.7. The third-order valence-corrected chi connectivity index (χ3v) is 3.57. The molecule has 0 radical (unpaired) electrons. The molecule has 1 saturated heterocycles. The van der Waals surface area contributed by atoms with Crippen molar-refractivity contribution in [3.05, 3.63) is 30.1 Å². The van der Waals surface area contributed by atoms with E-state index in [9.17, 15) is 9.18 Å². The predicted molar refractivity (Wildman–Crippen MR) is 73.4 cm³/mol. The molecule has 1 fully saturated rings. The van der Waals surface area contributed by atoms with Gasteiger partial charge in [0.1, 0.15) is 17.6 Å².